The first kappa shape index (κ1) is 17.8. The first-order valence-electron chi connectivity index (χ1n) is 8.63. The van der Waals surface area contributed by atoms with Crippen molar-refractivity contribution >= 4 is 23.2 Å². The van der Waals surface area contributed by atoms with Crippen molar-refractivity contribution in [2.45, 2.75) is 19.8 Å². The summed E-state index contributed by atoms with van der Waals surface area (Å²) < 4.78 is 0. The predicted molar refractivity (Wildman–Crippen MR) is 98.9 cm³/mol. The summed E-state index contributed by atoms with van der Waals surface area (Å²) in [5.41, 5.74) is 1.07. The Morgan fingerprint density at radius 1 is 1.24 bits per heavy atom. The van der Waals surface area contributed by atoms with E-state index in [1.807, 2.05) is 13.0 Å². The number of piperazine rings is 1. The topological polar surface area (TPSA) is 74.2 Å². The number of aromatic nitrogens is 3. The minimum Gasteiger partial charge on any atom is -0.355 e. The fraction of sp³-hybridized carbons (Fsp3) is 0.529. The monoisotopic (exact) mass is 360 g/mol. The average molecular weight is 360 g/mol. The van der Waals surface area contributed by atoms with E-state index in [1.54, 1.807) is 23.7 Å². The van der Waals surface area contributed by atoms with Crippen LogP contribution in [-0.4, -0.2) is 65.0 Å². The van der Waals surface area contributed by atoms with E-state index in [9.17, 15) is 4.79 Å². The zero-order valence-corrected chi connectivity index (χ0v) is 15.3. The molecule has 0 spiro atoms. The lowest BCUT2D eigenvalue weighted by Gasteiger charge is -2.34. The SMILES string of the molecule is Cc1csc(CCCNC(=O)CN2CCN(c3ncccn3)CC2)n1. The Hall–Kier alpha value is -2.06. The molecule has 134 valence electrons. The number of hydrogen-bond acceptors (Lipinski definition) is 7. The number of nitrogens with one attached hydrogen (secondary N) is 1. The van der Waals surface area contributed by atoms with Gasteiger partial charge in [-0.2, -0.15) is 0 Å². The molecule has 3 heterocycles. The summed E-state index contributed by atoms with van der Waals surface area (Å²) in [6.07, 6.45) is 5.37. The highest BCUT2D eigenvalue weighted by atomic mass is 32.1. The molecule has 1 amide bonds. The lowest BCUT2D eigenvalue weighted by molar-refractivity contribution is -0.122. The molecule has 2 aromatic heterocycles. The lowest BCUT2D eigenvalue weighted by atomic mass is 10.3. The van der Waals surface area contributed by atoms with E-state index in [0.29, 0.717) is 13.1 Å². The summed E-state index contributed by atoms with van der Waals surface area (Å²) >= 11 is 1.69. The Balaban J connectivity index is 1.31. The van der Waals surface area contributed by atoms with Crippen molar-refractivity contribution in [2.24, 2.45) is 0 Å². The molecule has 1 N–H and O–H groups in total. The van der Waals surface area contributed by atoms with Gasteiger partial charge >= 0.3 is 0 Å². The normalized spacial score (nSPS) is 15.3. The molecular formula is C17H24N6OS. The van der Waals surface area contributed by atoms with Gasteiger partial charge < -0.3 is 10.2 Å². The second-order valence-electron chi connectivity index (χ2n) is 6.15. The molecule has 8 heteroatoms. The number of carbonyl (C=O) groups excluding carboxylic acids is 1. The largest absolute Gasteiger partial charge is 0.355 e. The van der Waals surface area contributed by atoms with Crippen molar-refractivity contribution in [3.05, 3.63) is 34.5 Å². The molecule has 2 aromatic rings. The van der Waals surface area contributed by atoms with Crippen molar-refractivity contribution in [3.8, 4) is 0 Å². The van der Waals surface area contributed by atoms with Crippen LogP contribution in [0.25, 0.3) is 0 Å². The van der Waals surface area contributed by atoms with Gasteiger partial charge in [-0.25, -0.2) is 15.0 Å². The zero-order chi connectivity index (χ0) is 17.5. The van der Waals surface area contributed by atoms with Crippen LogP contribution in [0.3, 0.4) is 0 Å². The fourth-order valence-electron chi connectivity index (χ4n) is 2.80. The highest BCUT2D eigenvalue weighted by Gasteiger charge is 2.20. The van der Waals surface area contributed by atoms with Crippen molar-refractivity contribution in [2.75, 3.05) is 44.2 Å². The van der Waals surface area contributed by atoms with Crippen LogP contribution in [0.4, 0.5) is 5.95 Å². The molecular weight excluding hydrogens is 336 g/mol. The number of amides is 1. The van der Waals surface area contributed by atoms with Gasteiger partial charge in [0.1, 0.15) is 0 Å². The van der Waals surface area contributed by atoms with Crippen molar-refractivity contribution in [3.63, 3.8) is 0 Å². The van der Waals surface area contributed by atoms with E-state index < -0.39 is 0 Å². The molecule has 0 atom stereocenters. The van der Waals surface area contributed by atoms with E-state index in [4.69, 9.17) is 0 Å². The van der Waals surface area contributed by atoms with Gasteiger partial charge in [0.25, 0.3) is 0 Å². The maximum atomic E-state index is 12.1. The fourth-order valence-corrected chi connectivity index (χ4v) is 3.62. The van der Waals surface area contributed by atoms with Gasteiger partial charge in [0.2, 0.25) is 11.9 Å². The summed E-state index contributed by atoms with van der Waals surface area (Å²) in [7, 11) is 0. The van der Waals surface area contributed by atoms with Crippen molar-refractivity contribution in [1.82, 2.24) is 25.2 Å². The van der Waals surface area contributed by atoms with E-state index in [2.05, 4.69) is 35.4 Å². The first-order chi connectivity index (χ1) is 12.2. The summed E-state index contributed by atoms with van der Waals surface area (Å²) in [6.45, 7) is 6.57. The van der Waals surface area contributed by atoms with Gasteiger partial charge in [0.05, 0.1) is 11.6 Å². The van der Waals surface area contributed by atoms with E-state index >= 15 is 0 Å². The van der Waals surface area contributed by atoms with Gasteiger partial charge in [0, 0.05) is 62.6 Å². The molecule has 0 unspecified atom stereocenters. The second-order valence-corrected chi connectivity index (χ2v) is 7.09. The van der Waals surface area contributed by atoms with Gasteiger partial charge in [-0.05, 0) is 19.4 Å². The molecule has 1 saturated heterocycles. The van der Waals surface area contributed by atoms with Crippen LogP contribution in [-0.2, 0) is 11.2 Å². The van der Waals surface area contributed by atoms with Gasteiger partial charge in [-0.1, -0.05) is 0 Å². The van der Waals surface area contributed by atoms with Crippen molar-refractivity contribution < 1.29 is 4.79 Å². The quantitative estimate of drug-likeness (QED) is 0.746. The summed E-state index contributed by atoms with van der Waals surface area (Å²) in [5, 5.41) is 6.22. The van der Waals surface area contributed by atoms with Crippen LogP contribution in [0.1, 0.15) is 17.1 Å². The highest BCUT2D eigenvalue weighted by Crippen LogP contribution is 2.11. The maximum absolute atomic E-state index is 12.1. The van der Waals surface area contributed by atoms with Crippen LogP contribution >= 0.6 is 11.3 Å². The summed E-state index contributed by atoms with van der Waals surface area (Å²) in [6, 6.07) is 1.82. The average Bonchev–Trinajstić information content (AvgIpc) is 3.05. The maximum Gasteiger partial charge on any atom is 0.234 e. The van der Waals surface area contributed by atoms with Crippen LogP contribution in [0.2, 0.25) is 0 Å². The van der Waals surface area contributed by atoms with Crippen LogP contribution < -0.4 is 10.2 Å². The Bertz CT molecular complexity index is 669. The Morgan fingerprint density at radius 3 is 2.68 bits per heavy atom. The number of rotatable bonds is 7. The number of thiazole rings is 1. The molecule has 1 fully saturated rings. The molecule has 3 rings (SSSR count). The Labute approximate surface area is 152 Å². The highest BCUT2D eigenvalue weighted by molar-refractivity contribution is 7.09. The summed E-state index contributed by atoms with van der Waals surface area (Å²) in [5.74, 6) is 0.865. The number of aryl methyl sites for hydroxylation is 2. The predicted octanol–water partition coefficient (Wildman–Crippen LogP) is 1.11. The van der Waals surface area contributed by atoms with Gasteiger partial charge in [-0.15, -0.1) is 11.3 Å². The molecule has 0 radical (unpaired) electrons. The summed E-state index contributed by atoms with van der Waals surface area (Å²) in [4.78, 5) is 29.4. The lowest BCUT2D eigenvalue weighted by Crippen LogP contribution is -2.50. The van der Waals surface area contributed by atoms with E-state index in [-0.39, 0.29) is 5.91 Å². The van der Waals surface area contributed by atoms with Crippen LogP contribution in [0.5, 0.6) is 0 Å². The Kier molecular flexibility index (Phi) is 6.30. The van der Waals surface area contributed by atoms with Crippen LogP contribution in [0.15, 0.2) is 23.8 Å². The number of anilines is 1. The number of carbonyl (C=O) groups is 1. The number of nitrogens with zero attached hydrogens (tertiary/aromatic N) is 5. The van der Waals surface area contributed by atoms with Crippen molar-refractivity contribution in [1.29, 1.82) is 0 Å². The molecule has 0 saturated carbocycles. The molecule has 1 aliphatic heterocycles. The molecule has 25 heavy (non-hydrogen) atoms. The van der Waals surface area contributed by atoms with E-state index in [0.717, 1.165) is 55.7 Å². The number of hydrogen-bond donors (Lipinski definition) is 1. The smallest absolute Gasteiger partial charge is 0.234 e. The third-order valence-electron chi connectivity index (χ3n) is 4.13. The zero-order valence-electron chi connectivity index (χ0n) is 14.5. The second kappa shape index (κ2) is 8.87. The third kappa shape index (κ3) is 5.47. The minimum absolute atomic E-state index is 0.0970. The molecule has 0 bridgehead atoms. The van der Waals surface area contributed by atoms with Gasteiger partial charge in [-0.3, -0.25) is 9.69 Å². The molecule has 0 aliphatic carbocycles. The minimum atomic E-state index is 0.0970. The molecule has 1 aliphatic rings. The van der Waals surface area contributed by atoms with Gasteiger partial charge in [0.15, 0.2) is 0 Å². The molecule has 7 nitrogen and oxygen atoms in total. The third-order valence-corrected chi connectivity index (χ3v) is 5.16. The molecule has 0 aromatic carbocycles. The Morgan fingerprint density at radius 2 is 2.00 bits per heavy atom. The van der Waals surface area contributed by atoms with E-state index in [1.165, 1.54) is 0 Å². The van der Waals surface area contributed by atoms with Crippen LogP contribution in [0, 0.1) is 6.92 Å². The first-order valence-corrected chi connectivity index (χ1v) is 9.51. The standard InChI is InChI=1S/C17H24N6OS/c1-14-13-25-16(21-14)4-2-5-18-15(24)12-22-8-10-23(11-9-22)17-19-6-3-7-20-17/h3,6-7,13H,2,4-5,8-12H2,1H3,(H,18,24).